The van der Waals surface area contributed by atoms with Crippen molar-refractivity contribution in [2.24, 2.45) is 5.73 Å². The van der Waals surface area contributed by atoms with Gasteiger partial charge in [-0.15, -0.1) is 0 Å². The van der Waals surface area contributed by atoms with Gasteiger partial charge in [0, 0.05) is 12.6 Å². The Kier molecular flexibility index (Phi) is 5.62. The highest BCUT2D eigenvalue weighted by molar-refractivity contribution is 5.18. The van der Waals surface area contributed by atoms with Gasteiger partial charge in [-0.1, -0.05) is 37.3 Å². The molecule has 0 aliphatic rings. The van der Waals surface area contributed by atoms with Crippen molar-refractivity contribution in [3.63, 3.8) is 0 Å². The van der Waals surface area contributed by atoms with Crippen LogP contribution in [0.3, 0.4) is 0 Å². The van der Waals surface area contributed by atoms with Gasteiger partial charge in [0.05, 0.1) is 6.54 Å². The van der Waals surface area contributed by atoms with E-state index >= 15 is 0 Å². The Hall–Kier alpha value is -1.07. The molecule has 18 heavy (non-hydrogen) atoms. The van der Waals surface area contributed by atoms with Crippen LogP contribution < -0.4 is 5.73 Å². The first-order chi connectivity index (χ1) is 8.42. The van der Waals surface area contributed by atoms with Crippen LogP contribution >= 0.6 is 0 Å². The minimum absolute atomic E-state index is 0.220. The van der Waals surface area contributed by atoms with Crippen molar-refractivity contribution in [2.45, 2.75) is 25.6 Å². The number of rotatable bonds is 6. The third-order valence-corrected chi connectivity index (χ3v) is 2.63. The van der Waals surface area contributed by atoms with Gasteiger partial charge in [0.1, 0.15) is 0 Å². The summed E-state index contributed by atoms with van der Waals surface area (Å²) in [6.45, 7) is 1.58. The molecule has 0 aromatic heterocycles. The zero-order valence-corrected chi connectivity index (χ0v) is 10.5. The summed E-state index contributed by atoms with van der Waals surface area (Å²) in [6.07, 6.45) is -3.50. The first-order valence-corrected chi connectivity index (χ1v) is 6.02. The molecule has 0 spiro atoms. The highest BCUT2D eigenvalue weighted by Crippen LogP contribution is 2.19. The molecule has 5 heteroatoms. The lowest BCUT2D eigenvalue weighted by atomic mass is 10.1. The van der Waals surface area contributed by atoms with Crippen LogP contribution in [0.25, 0.3) is 0 Å². The molecule has 1 aromatic carbocycles. The average molecular weight is 260 g/mol. The second-order valence-electron chi connectivity index (χ2n) is 4.37. The van der Waals surface area contributed by atoms with Gasteiger partial charge < -0.3 is 5.73 Å². The molecule has 0 unspecified atom stereocenters. The highest BCUT2D eigenvalue weighted by Gasteiger charge is 2.30. The monoisotopic (exact) mass is 260 g/mol. The van der Waals surface area contributed by atoms with Gasteiger partial charge in [0.15, 0.2) is 0 Å². The van der Waals surface area contributed by atoms with Crippen molar-refractivity contribution in [2.75, 3.05) is 19.6 Å². The molecule has 0 fully saturated rings. The summed E-state index contributed by atoms with van der Waals surface area (Å²) in [5.74, 6) is 0. The summed E-state index contributed by atoms with van der Waals surface area (Å²) in [7, 11) is 0. The molecule has 0 aliphatic carbocycles. The van der Waals surface area contributed by atoms with Crippen molar-refractivity contribution in [1.29, 1.82) is 0 Å². The Morgan fingerprint density at radius 1 is 1.22 bits per heavy atom. The van der Waals surface area contributed by atoms with Gasteiger partial charge >= 0.3 is 6.18 Å². The number of nitrogens with two attached hydrogens (primary N) is 1. The Labute approximate surface area is 106 Å². The SMILES string of the molecule is CCCN(C[C@@H](N)c1ccccc1)CC(F)(F)F. The maximum atomic E-state index is 12.4. The summed E-state index contributed by atoms with van der Waals surface area (Å²) >= 11 is 0. The van der Waals surface area contributed by atoms with Crippen LogP contribution in [0.5, 0.6) is 0 Å². The lowest BCUT2D eigenvalue weighted by molar-refractivity contribution is -0.146. The van der Waals surface area contributed by atoms with E-state index in [0.717, 1.165) is 5.56 Å². The molecule has 0 heterocycles. The van der Waals surface area contributed by atoms with E-state index in [1.807, 2.05) is 37.3 Å². The zero-order chi connectivity index (χ0) is 13.6. The van der Waals surface area contributed by atoms with Crippen molar-refractivity contribution < 1.29 is 13.2 Å². The van der Waals surface area contributed by atoms with Crippen LogP contribution in [0, 0.1) is 0 Å². The minimum Gasteiger partial charge on any atom is -0.323 e. The number of hydrogen-bond acceptors (Lipinski definition) is 2. The number of hydrogen-bond donors (Lipinski definition) is 1. The lowest BCUT2D eigenvalue weighted by Crippen LogP contribution is -2.39. The van der Waals surface area contributed by atoms with E-state index in [4.69, 9.17) is 5.73 Å². The second-order valence-corrected chi connectivity index (χ2v) is 4.37. The number of nitrogens with zero attached hydrogens (tertiary/aromatic N) is 1. The minimum atomic E-state index is -4.18. The van der Waals surface area contributed by atoms with Crippen LogP contribution in [0.15, 0.2) is 30.3 Å². The summed E-state index contributed by atoms with van der Waals surface area (Å²) in [4.78, 5) is 1.36. The lowest BCUT2D eigenvalue weighted by Gasteiger charge is -2.26. The van der Waals surface area contributed by atoms with Crippen LogP contribution in [0.4, 0.5) is 13.2 Å². The first kappa shape index (κ1) is 15.0. The van der Waals surface area contributed by atoms with Crippen LogP contribution in [0.1, 0.15) is 24.9 Å². The topological polar surface area (TPSA) is 29.3 Å². The Balaban J connectivity index is 2.60. The van der Waals surface area contributed by atoms with E-state index in [0.29, 0.717) is 13.0 Å². The largest absolute Gasteiger partial charge is 0.401 e. The smallest absolute Gasteiger partial charge is 0.323 e. The van der Waals surface area contributed by atoms with E-state index in [2.05, 4.69) is 0 Å². The third kappa shape index (κ3) is 5.51. The van der Waals surface area contributed by atoms with Gasteiger partial charge in [-0.25, -0.2) is 0 Å². The fraction of sp³-hybridized carbons (Fsp3) is 0.538. The van der Waals surface area contributed by atoms with Crippen molar-refractivity contribution in [1.82, 2.24) is 4.90 Å². The molecule has 0 saturated carbocycles. The third-order valence-electron chi connectivity index (χ3n) is 2.63. The molecular weight excluding hydrogens is 241 g/mol. The predicted molar refractivity (Wildman–Crippen MR) is 66.2 cm³/mol. The second kappa shape index (κ2) is 6.75. The summed E-state index contributed by atoms with van der Waals surface area (Å²) in [5.41, 5.74) is 6.80. The number of halogens is 3. The maximum Gasteiger partial charge on any atom is 0.401 e. The van der Waals surface area contributed by atoms with E-state index in [1.165, 1.54) is 4.90 Å². The van der Waals surface area contributed by atoms with Crippen molar-refractivity contribution in [3.05, 3.63) is 35.9 Å². The van der Waals surface area contributed by atoms with Crippen LogP contribution in [0.2, 0.25) is 0 Å². The molecule has 1 atom stereocenters. The molecule has 0 radical (unpaired) electrons. The average Bonchev–Trinajstić information content (AvgIpc) is 2.28. The molecule has 1 aromatic rings. The standard InChI is InChI=1S/C13H19F3N2/c1-2-8-18(10-13(14,15)16)9-12(17)11-6-4-3-5-7-11/h3-7,12H,2,8-10,17H2,1H3/t12-/m1/s1. The Morgan fingerprint density at radius 3 is 2.33 bits per heavy atom. The molecule has 2 nitrogen and oxygen atoms in total. The quantitative estimate of drug-likeness (QED) is 0.852. The van der Waals surface area contributed by atoms with Gasteiger partial charge in [-0.3, -0.25) is 4.90 Å². The summed E-state index contributed by atoms with van der Waals surface area (Å²) in [6, 6.07) is 8.81. The fourth-order valence-corrected chi connectivity index (χ4v) is 1.89. The molecule has 0 amide bonds. The van der Waals surface area contributed by atoms with E-state index < -0.39 is 12.7 Å². The first-order valence-electron chi connectivity index (χ1n) is 6.02. The normalized spacial score (nSPS) is 13.9. The van der Waals surface area contributed by atoms with Crippen molar-refractivity contribution >= 4 is 0 Å². The van der Waals surface area contributed by atoms with E-state index in [1.54, 1.807) is 0 Å². The van der Waals surface area contributed by atoms with E-state index in [9.17, 15) is 13.2 Å². The Bertz CT molecular complexity index is 338. The van der Waals surface area contributed by atoms with Gasteiger partial charge in [0.25, 0.3) is 0 Å². The van der Waals surface area contributed by atoms with Gasteiger partial charge in [-0.05, 0) is 18.5 Å². The van der Waals surface area contributed by atoms with Crippen molar-refractivity contribution in [3.8, 4) is 0 Å². The fourth-order valence-electron chi connectivity index (χ4n) is 1.89. The van der Waals surface area contributed by atoms with Gasteiger partial charge in [-0.2, -0.15) is 13.2 Å². The summed E-state index contributed by atoms with van der Waals surface area (Å²) in [5, 5.41) is 0. The summed E-state index contributed by atoms with van der Waals surface area (Å²) < 4.78 is 37.2. The predicted octanol–water partition coefficient (Wildman–Crippen LogP) is 2.96. The molecule has 1 rings (SSSR count). The molecule has 2 N–H and O–H groups in total. The molecule has 102 valence electrons. The van der Waals surface area contributed by atoms with Crippen LogP contribution in [-0.4, -0.2) is 30.7 Å². The molecule has 0 saturated heterocycles. The molecular formula is C13H19F3N2. The maximum absolute atomic E-state index is 12.4. The number of benzene rings is 1. The Morgan fingerprint density at radius 2 is 1.83 bits per heavy atom. The zero-order valence-electron chi connectivity index (χ0n) is 10.5. The molecule has 0 aliphatic heterocycles. The highest BCUT2D eigenvalue weighted by atomic mass is 19.4. The number of alkyl halides is 3. The molecule has 0 bridgehead atoms. The van der Waals surface area contributed by atoms with Crippen LogP contribution in [-0.2, 0) is 0 Å². The van der Waals surface area contributed by atoms with E-state index in [-0.39, 0.29) is 12.6 Å². The van der Waals surface area contributed by atoms with Gasteiger partial charge in [0.2, 0.25) is 0 Å².